The van der Waals surface area contributed by atoms with Gasteiger partial charge in [-0.25, -0.2) is 0 Å². The normalized spacial score (nSPS) is 45.0. The largest absolute Gasteiger partial charge is 0.375 e. The van der Waals surface area contributed by atoms with E-state index in [0.717, 1.165) is 12.5 Å². The van der Waals surface area contributed by atoms with Crippen molar-refractivity contribution in [1.29, 1.82) is 0 Å². The van der Waals surface area contributed by atoms with Gasteiger partial charge in [0, 0.05) is 6.61 Å². The van der Waals surface area contributed by atoms with E-state index in [2.05, 4.69) is 6.92 Å². The lowest BCUT2D eigenvalue weighted by molar-refractivity contribution is -0.0378. The van der Waals surface area contributed by atoms with Crippen molar-refractivity contribution < 1.29 is 4.74 Å². The van der Waals surface area contributed by atoms with E-state index >= 15 is 0 Å². The maximum atomic E-state index is 5.85. The van der Waals surface area contributed by atoms with Gasteiger partial charge in [-0.15, -0.1) is 0 Å². The van der Waals surface area contributed by atoms with Crippen LogP contribution in [0, 0.1) is 5.92 Å². The highest BCUT2D eigenvalue weighted by Crippen LogP contribution is 2.41. The Balaban J connectivity index is 2.00. The van der Waals surface area contributed by atoms with E-state index in [4.69, 9.17) is 4.74 Å². The van der Waals surface area contributed by atoms with Crippen LogP contribution in [0.4, 0.5) is 0 Å². The van der Waals surface area contributed by atoms with Gasteiger partial charge in [-0.2, -0.15) is 0 Å². The van der Waals surface area contributed by atoms with Crippen molar-refractivity contribution in [2.45, 2.75) is 51.0 Å². The van der Waals surface area contributed by atoms with Crippen LogP contribution in [0.5, 0.6) is 0 Å². The van der Waals surface area contributed by atoms with E-state index in [1.807, 2.05) is 0 Å². The minimum Gasteiger partial charge on any atom is -0.375 e. The Bertz CT molecular complexity index is 136. The first kappa shape index (κ1) is 7.60. The molecule has 0 radical (unpaired) electrons. The van der Waals surface area contributed by atoms with Gasteiger partial charge in [0.25, 0.3) is 0 Å². The average molecular weight is 154 g/mol. The minimum absolute atomic E-state index is 0.345. The van der Waals surface area contributed by atoms with Crippen LogP contribution >= 0.6 is 0 Å². The Morgan fingerprint density at radius 1 is 1.27 bits per heavy atom. The molecule has 2 unspecified atom stereocenters. The molecule has 64 valence electrons. The summed E-state index contributed by atoms with van der Waals surface area (Å²) in [4.78, 5) is 0. The van der Waals surface area contributed by atoms with Crippen molar-refractivity contribution in [2.24, 2.45) is 5.92 Å². The monoisotopic (exact) mass is 154 g/mol. The summed E-state index contributed by atoms with van der Waals surface area (Å²) in [7, 11) is 0. The first-order chi connectivity index (χ1) is 5.31. The molecule has 1 saturated heterocycles. The third-order valence-corrected chi connectivity index (χ3v) is 3.23. The van der Waals surface area contributed by atoms with E-state index in [0.29, 0.717) is 5.60 Å². The van der Waals surface area contributed by atoms with Crippen molar-refractivity contribution in [3.63, 3.8) is 0 Å². The first-order valence-electron chi connectivity index (χ1n) is 4.95. The highest BCUT2D eigenvalue weighted by molar-refractivity contribution is 4.89. The van der Waals surface area contributed by atoms with Crippen LogP contribution in [0.3, 0.4) is 0 Å². The van der Waals surface area contributed by atoms with Gasteiger partial charge >= 0.3 is 0 Å². The fourth-order valence-electron chi connectivity index (χ4n) is 2.73. The van der Waals surface area contributed by atoms with Crippen molar-refractivity contribution in [3.05, 3.63) is 0 Å². The van der Waals surface area contributed by atoms with Gasteiger partial charge in [0.15, 0.2) is 0 Å². The molecule has 1 aliphatic carbocycles. The second kappa shape index (κ2) is 2.78. The van der Waals surface area contributed by atoms with Crippen LogP contribution in [0.25, 0.3) is 0 Å². The fourth-order valence-corrected chi connectivity index (χ4v) is 2.73. The number of hydrogen-bond acceptors (Lipinski definition) is 1. The van der Waals surface area contributed by atoms with Crippen LogP contribution in [-0.2, 0) is 4.74 Å². The topological polar surface area (TPSA) is 9.23 Å². The third-order valence-electron chi connectivity index (χ3n) is 3.23. The summed E-state index contributed by atoms with van der Waals surface area (Å²) in [5, 5.41) is 0. The average Bonchev–Trinajstić information content (AvgIpc) is 2.37. The zero-order valence-corrected chi connectivity index (χ0v) is 7.44. The van der Waals surface area contributed by atoms with E-state index < -0.39 is 0 Å². The van der Waals surface area contributed by atoms with E-state index in [1.54, 1.807) is 0 Å². The van der Waals surface area contributed by atoms with Gasteiger partial charge in [-0.1, -0.05) is 19.8 Å². The molecule has 0 aromatic rings. The van der Waals surface area contributed by atoms with Gasteiger partial charge in [-0.05, 0) is 31.6 Å². The summed E-state index contributed by atoms with van der Waals surface area (Å²) in [5.41, 5.74) is 0.345. The maximum absolute atomic E-state index is 5.85. The molecule has 2 atom stereocenters. The number of hydrogen-bond donors (Lipinski definition) is 0. The molecule has 0 N–H and O–H groups in total. The molecule has 2 fully saturated rings. The van der Waals surface area contributed by atoms with Gasteiger partial charge in [0.05, 0.1) is 5.60 Å². The lowest BCUT2D eigenvalue weighted by Crippen LogP contribution is -2.33. The molecule has 0 bridgehead atoms. The lowest BCUT2D eigenvalue weighted by Gasteiger charge is -2.35. The third kappa shape index (κ3) is 1.44. The van der Waals surface area contributed by atoms with Gasteiger partial charge < -0.3 is 4.74 Å². The Hall–Kier alpha value is -0.0400. The molecule has 1 saturated carbocycles. The molecule has 0 aromatic carbocycles. The maximum Gasteiger partial charge on any atom is 0.0686 e. The van der Waals surface area contributed by atoms with Crippen molar-refractivity contribution in [1.82, 2.24) is 0 Å². The Morgan fingerprint density at radius 3 is 2.73 bits per heavy atom. The highest BCUT2D eigenvalue weighted by atomic mass is 16.5. The smallest absolute Gasteiger partial charge is 0.0686 e. The molecule has 1 aliphatic heterocycles. The summed E-state index contributed by atoms with van der Waals surface area (Å²) < 4.78 is 5.85. The zero-order valence-electron chi connectivity index (χ0n) is 7.44. The standard InChI is InChI=1S/C10H18O/c1-9-4-2-5-10(8-9)6-3-7-11-10/h9H,2-8H2,1H3. The van der Waals surface area contributed by atoms with Gasteiger partial charge in [0.2, 0.25) is 0 Å². The van der Waals surface area contributed by atoms with Crippen LogP contribution in [-0.4, -0.2) is 12.2 Å². The van der Waals surface area contributed by atoms with E-state index in [9.17, 15) is 0 Å². The molecule has 11 heavy (non-hydrogen) atoms. The molecule has 1 heteroatoms. The SMILES string of the molecule is CC1CCCC2(CCCO2)C1. The molecule has 1 heterocycles. The quantitative estimate of drug-likeness (QED) is 0.521. The zero-order chi connectivity index (χ0) is 7.73. The summed E-state index contributed by atoms with van der Waals surface area (Å²) in [6.45, 7) is 3.38. The van der Waals surface area contributed by atoms with E-state index in [-0.39, 0.29) is 0 Å². The predicted octanol–water partition coefficient (Wildman–Crippen LogP) is 2.75. The molecule has 2 aliphatic rings. The van der Waals surface area contributed by atoms with Crippen LogP contribution in [0.1, 0.15) is 45.4 Å². The molecule has 2 rings (SSSR count). The molecular weight excluding hydrogens is 136 g/mol. The summed E-state index contributed by atoms with van der Waals surface area (Å²) in [6.07, 6.45) is 8.10. The van der Waals surface area contributed by atoms with Gasteiger partial charge in [0.1, 0.15) is 0 Å². The van der Waals surface area contributed by atoms with Crippen molar-refractivity contribution >= 4 is 0 Å². The highest BCUT2D eigenvalue weighted by Gasteiger charge is 2.38. The summed E-state index contributed by atoms with van der Waals surface area (Å²) in [6, 6.07) is 0. The van der Waals surface area contributed by atoms with Crippen LogP contribution in [0.2, 0.25) is 0 Å². The molecule has 0 aromatic heterocycles. The second-order valence-electron chi connectivity index (χ2n) is 4.34. The van der Waals surface area contributed by atoms with Crippen molar-refractivity contribution in [2.75, 3.05) is 6.61 Å². The summed E-state index contributed by atoms with van der Waals surface area (Å²) in [5.74, 6) is 0.904. The minimum atomic E-state index is 0.345. The molecule has 1 nitrogen and oxygen atoms in total. The lowest BCUT2D eigenvalue weighted by atomic mass is 9.77. The first-order valence-corrected chi connectivity index (χ1v) is 4.95. The fraction of sp³-hybridized carbons (Fsp3) is 1.00. The molecular formula is C10H18O. The number of rotatable bonds is 0. The summed E-state index contributed by atoms with van der Waals surface area (Å²) >= 11 is 0. The Labute approximate surface area is 69.1 Å². The Morgan fingerprint density at radius 2 is 2.09 bits per heavy atom. The number of ether oxygens (including phenoxy) is 1. The van der Waals surface area contributed by atoms with E-state index in [1.165, 1.54) is 38.5 Å². The Kier molecular flexibility index (Phi) is 1.92. The predicted molar refractivity (Wildman–Crippen MR) is 45.5 cm³/mol. The molecule has 1 spiro atoms. The van der Waals surface area contributed by atoms with Crippen LogP contribution in [0.15, 0.2) is 0 Å². The van der Waals surface area contributed by atoms with Gasteiger partial charge in [-0.3, -0.25) is 0 Å². The second-order valence-corrected chi connectivity index (χ2v) is 4.34. The van der Waals surface area contributed by atoms with Crippen LogP contribution < -0.4 is 0 Å². The van der Waals surface area contributed by atoms with Crippen molar-refractivity contribution in [3.8, 4) is 0 Å². The molecule has 0 amide bonds.